The van der Waals surface area contributed by atoms with Crippen LogP contribution in [0.1, 0.15) is 5.56 Å². The maximum atomic E-state index is 10.9. The van der Waals surface area contributed by atoms with Crippen molar-refractivity contribution in [2.24, 2.45) is 0 Å². The van der Waals surface area contributed by atoms with Crippen LogP contribution in [-0.2, 0) is 6.54 Å². The summed E-state index contributed by atoms with van der Waals surface area (Å²) in [6.07, 6.45) is 3.93. The van der Waals surface area contributed by atoms with Crippen LogP contribution >= 0.6 is 0 Å². The largest absolute Gasteiger partial charge is 0.378 e. The first-order chi connectivity index (χ1) is 8.66. The van der Waals surface area contributed by atoms with Gasteiger partial charge in [0.25, 0.3) is 5.69 Å². The molecule has 2 rings (SSSR count). The van der Waals surface area contributed by atoms with Gasteiger partial charge in [-0.25, -0.2) is 0 Å². The van der Waals surface area contributed by atoms with E-state index >= 15 is 0 Å². The van der Waals surface area contributed by atoms with Crippen molar-refractivity contribution in [3.8, 4) is 0 Å². The van der Waals surface area contributed by atoms with Crippen molar-refractivity contribution in [3.05, 3.63) is 58.4 Å². The molecule has 0 spiro atoms. The SMILES string of the molecule is Cc1ccc(NCCn2cccc2)c([N+](=O)[O-])c1. The molecular weight excluding hydrogens is 230 g/mol. The Bertz CT molecular complexity index is 535. The summed E-state index contributed by atoms with van der Waals surface area (Å²) in [5.41, 5.74) is 1.58. The van der Waals surface area contributed by atoms with E-state index in [4.69, 9.17) is 0 Å². The number of nitro benzene ring substituents is 1. The molecule has 0 aliphatic carbocycles. The van der Waals surface area contributed by atoms with E-state index in [9.17, 15) is 10.1 Å². The van der Waals surface area contributed by atoms with E-state index in [1.165, 1.54) is 0 Å². The predicted octanol–water partition coefficient (Wildman–Crippen LogP) is 2.82. The molecule has 5 nitrogen and oxygen atoms in total. The van der Waals surface area contributed by atoms with Crippen LogP contribution in [0.15, 0.2) is 42.7 Å². The first-order valence-corrected chi connectivity index (χ1v) is 5.76. The van der Waals surface area contributed by atoms with Crippen LogP contribution in [0, 0.1) is 17.0 Å². The molecule has 1 aromatic heterocycles. The standard InChI is InChI=1S/C13H15N3O2/c1-11-4-5-12(13(10-11)16(17)18)14-6-9-15-7-2-3-8-15/h2-5,7-8,10,14H,6,9H2,1H3. The zero-order valence-electron chi connectivity index (χ0n) is 10.2. The second kappa shape index (κ2) is 5.35. The summed E-state index contributed by atoms with van der Waals surface area (Å²) < 4.78 is 2.02. The van der Waals surface area contributed by atoms with E-state index in [1.807, 2.05) is 42.1 Å². The Morgan fingerprint density at radius 2 is 2.06 bits per heavy atom. The average molecular weight is 245 g/mol. The van der Waals surface area contributed by atoms with Crippen LogP contribution < -0.4 is 5.32 Å². The topological polar surface area (TPSA) is 60.1 Å². The number of hydrogen-bond acceptors (Lipinski definition) is 3. The first kappa shape index (κ1) is 12.2. The van der Waals surface area contributed by atoms with E-state index in [0.29, 0.717) is 12.2 Å². The molecule has 0 aliphatic heterocycles. The van der Waals surface area contributed by atoms with Crippen LogP contribution in [-0.4, -0.2) is 16.0 Å². The van der Waals surface area contributed by atoms with E-state index in [2.05, 4.69) is 5.32 Å². The zero-order valence-corrected chi connectivity index (χ0v) is 10.2. The molecule has 0 unspecified atom stereocenters. The predicted molar refractivity (Wildman–Crippen MR) is 70.8 cm³/mol. The number of nitro groups is 1. The number of benzene rings is 1. The Kier molecular flexibility index (Phi) is 3.62. The fourth-order valence-corrected chi connectivity index (χ4v) is 1.78. The van der Waals surface area contributed by atoms with Gasteiger partial charge in [-0.2, -0.15) is 0 Å². The normalized spacial score (nSPS) is 10.3. The highest BCUT2D eigenvalue weighted by Crippen LogP contribution is 2.24. The Balaban J connectivity index is 2.02. The molecular formula is C13H15N3O2. The van der Waals surface area contributed by atoms with Gasteiger partial charge in [-0.15, -0.1) is 0 Å². The third-order valence-electron chi connectivity index (χ3n) is 2.70. The fraction of sp³-hybridized carbons (Fsp3) is 0.231. The maximum Gasteiger partial charge on any atom is 0.292 e. The molecule has 1 heterocycles. The number of aromatic nitrogens is 1. The molecule has 0 radical (unpaired) electrons. The second-order valence-corrected chi connectivity index (χ2v) is 4.13. The molecule has 0 fully saturated rings. The molecule has 0 saturated heterocycles. The summed E-state index contributed by atoms with van der Waals surface area (Å²) in [7, 11) is 0. The van der Waals surface area contributed by atoms with Gasteiger partial charge < -0.3 is 9.88 Å². The first-order valence-electron chi connectivity index (χ1n) is 5.76. The van der Waals surface area contributed by atoms with Crippen molar-refractivity contribution in [1.29, 1.82) is 0 Å². The van der Waals surface area contributed by atoms with Crippen LogP contribution in [0.2, 0.25) is 0 Å². The molecule has 1 N–H and O–H groups in total. The van der Waals surface area contributed by atoms with E-state index in [1.54, 1.807) is 12.1 Å². The van der Waals surface area contributed by atoms with Crippen LogP contribution in [0.5, 0.6) is 0 Å². The summed E-state index contributed by atoms with van der Waals surface area (Å²) in [5, 5.41) is 14.0. The van der Waals surface area contributed by atoms with Crippen molar-refractivity contribution in [2.45, 2.75) is 13.5 Å². The van der Waals surface area contributed by atoms with Gasteiger partial charge in [-0.1, -0.05) is 6.07 Å². The second-order valence-electron chi connectivity index (χ2n) is 4.13. The van der Waals surface area contributed by atoms with Crippen molar-refractivity contribution in [3.63, 3.8) is 0 Å². The van der Waals surface area contributed by atoms with Gasteiger partial charge in [0.1, 0.15) is 5.69 Å². The Morgan fingerprint density at radius 3 is 2.72 bits per heavy atom. The summed E-state index contributed by atoms with van der Waals surface area (Å²) in [6, 6.07) is 9.11. The number of hydrogen-bond donors (Lipinski definition) is 1. The summed E-state index contributed by atoms with van der Waals surface area (Å²) in [5.74, 6) is 0. The molecule has 0 atom stereocenters. The Labute approximate surface area is 105 Å². The molecule has 0 saturated carbocycles. The van der Waals surface area contributed by atoms with Crippen molar-refractivity contribution in [1.82, 2.24) is 4.57 Å². The highest BCUT2D eigenvalue weighted by Gasteiger charge is 2.12. The lowest BCUT2D eigenvalue weighted by molar-refractivity contribution is -0.384. The lowest BCUT2D eigenvalue weighted by atomic mass is 10.2. The minimum absolute atomic E-state index is 0.127. The third kappa shape index (κ3) is 2.88. The summed E-state index contributed by atoms with van der Waals surface area (Å²) >= 11 is 0. The molecule has 18 heavy (non-hydrogen) atoms. The smallest absolute Gasteiger partial charge is 0.292 e. The molecule has 0 bridgehead atoms. The number of rotatable bonds is 5. The quantitative estimate of drug-likeness (QED) is 0.651. The minimum atomic E-state index is -0.356. The van der Waals surface area contributed by atoms with E-state index < -0.39 is 0 Å². The monoisotopic (exact) mass is 245 g/mol. The van der Waals surface area contributed by atoms with Crippen molar-refractivity contribution >= 4 is 11.4 Å². The Hall–Kier alpha value is -2.30. The van der Waals surface area contributed by atoms with Crippen LogP contribution in [0.25, 0.3) is 0 Å². The van der Waals surface area contributed by atoms with Gasteiger partial charge in [-0.05, 0) is 30.7 Å². The van der Waals surface area contributed by atoms with Gasteiger partial charge in [0.15, 0.2) is 0 Å². The molecule has 1 aromatic carbocycles. The molecule has 5 heteroatoms. The highest BCUT2D eigenvalue weighted by atomic mass is 16.6. The number of nitrogens with zero attached hydrogens (tertiary/aromatic N) is 2. The molecule has 0 amide bonds. The molecule has 94 valence electrons. The van der Waals surface area contributed by atoms with Gasteiger partial charge in [0, 0.05) is 31.5 Å². The third-order valence-corrected chi connectivity index (χ3v) is 2.70. The fourth-order valence-electron chi connectivity index (χ4n) is 1.78. The number of aryl methyl sites for hydroxylation is 1. The van der Waals surface area contributed by atoms with Crippen molar-refractivity contribution < 1.29 is 4.92 Å². The van der Waals surface area contributed by atoms with Gasteiger partial charge in [-0.3, -0.25) is 10.1 Å². The van der Waals surface area contributed by atoms with Gasteiger partial charge in [0.2, 0.25) is 0 Å². The van der Waals surface area contributed by atoms with Gasteiger partial charge >= 0.3 is 0 Å². The van der Waals surface area contributed by atoms with Crippen LogP contribution in [0.3, 0.4) is 0 Å². The van der Waals surface area contributed by atoms with Crippen LogP contribution in [0.4, 0.5) is 11.4 Å². The van der Waals surface area contributed by atoms with Crippen molar-refractivity contribution in [2.75, 3.05) is 11.9 Å². The average Bonchev–Trinajstić information content (AvgIpc) is 2.84. The highest BCUT2D eigenvalue weighted by molar-refractivity contribution is 5.62. The lowest BCUT2D eigenvalue weighted by Gasteiger charge is -2.08. The zero-order chi connectivity index (χ0) is 13.0. The maximum absolute atomic E-state index is 10.9. The number of nitrogens with one attached hydrogen (secondary N) is 1. The van der Waals surface area contributed by atoms with E-state index in [0.717, 1.165) is 12.1 Å². The molecule has 0 aliphatic rings. The summed E-state index contributed by atoms with van der Waals surface area (Å²) in [6.45, 7) is 3.27. The number of anilines is 1. The lowest BCUT2D eigenvalue weighted by Crippen LogP contribution is -2.10. The Morgan fingerprint density at radius 1 is 1.33 bits per heavy atom. The van der Waals surface area contributed by atoms with Gasteiger partial charge in [0.05, 0.1) is 4.92 Å². The van der Waals surface area contributed by atoms with E-state index in [-0.39, 0.29) is 10.6 Å². The molecule has 2 aromatic rings. The summed E-state index contributed by atoms with van der Waals surface area (Å²) in [4.78, 5) is 10.6. The minimum Gasteiger partial charge on any atom is -0.378 e.